The lowest BCUT2D eigenvalue weighted by molar-refractivity contribution is -0.0530. The van der Waals surface area contributed by atoms with Crippen LogP contribution in [0.5, 0.6) is 0 Å². The zero-order valence-electron chi connectivity index (χ0n) is 18.5. The fourth-order valence-electron chi connectivity index (χ4n) is 5.91. The van der Waals surface area contributed by atoms with Crippen molar-refractivity contribution in [3.05, 3.63) is 71.8 Å². The predicted octanol–water partition coefficient (Wildman–Crippen LogP) is 5.46. The molecule has 1 aliphatic heterocycles. The van der Waals surface area contributed by atoms with E-state index in [2.05, 4.69) is 42.5 Å². The number of benzene rings is 2. The molecule has 1 saturated heterocycles. The van der Waals surface area contributed by atoms with Crippen LogP contribution >= 0.6 is 0 Å². The molecule has 170 valence electrons. The van der Waals surface area contributed by atoms with Crippen LogP contribution in [0.1, 0.15) is 55.6 Å². The van der Waals surface area contributed by atoms with Gasteiger partial charge in [-0.2, -0.15) is 0 Å². The Kier molecular flexibility index (Phi) is 6.47. The molecule has 0 bridgehead atoms. The van der Waals surface area contributed by atoms with Crippen LogP contribution in [-0.2, 0) is 16.1 Å². The van der Waals surface area contributed by atoms with Gasteiger partial charge in [0.15, 0.2) is 0 Å². The number of likely N-dealkylation sites (tertiary alicyclic amines) is 1. The number of ether oxygens (including phenoxy) is 2. The molecule has 2 aromatic carbocycles. The molecule has 1 amide bonds. The maximum atomic E-state index is 12.1. The van der Waals surface area contributed by atoms with Crippen molar-refractivity contribution in [2.24, 2.45) is 5.92 Å². The number of fused-ring (bicyclic) bond motifs is 1. The fraction of sp³-hybridized carbons (Fsp3) is 0.519. The molecule has 2 saturated carbocycles. The van der Waals surface area contributed by atoms with Crippen LogP contribution in [0.15, 0.2) is 60.7 Å². The molecule has 1 N–H and O–H groups in total. The number of hydrogen-bond acceptors (Lipinski definition) is 3. The molecular formula is C27H33NO4. The lowest BCUT2D eigenvalue weighted by Gasteiger charge is -2.35. The zero-order valence-corrected chi connectivity index (χ0v) is 18.5. The Morgan fingerprint density at radius 2 is 1.56 bits per heavy atom. The van der Waals surface area contributed by atoms with Crippen LogP contribution < -0.4 is 0 Å². The highest BCUT2D eigenvalue weighted by Gasteiger charge is 2.56. The highest BCUT2D eigenvalue weighted by Crippen LogP contribution is 2.46. The Labute approximate surface area is 190 Å². The van der Waals surface area contributed by atoms with E-state index in [4.69, 9.17) is 9.47 Å². The van der Waals surface area contributed by atoms with Gasteiger partial charge in [0.05, 0.1) is 31.5 Å². The second-order valence-electron chi connectivity index (χ2n) is 9.54. The third-order valence-electron chi connectivity index (χ3n) is 7.76. The summed E-state index contributed by atoms with van der Waals surface area (Å²) in [6.45, 7) is 0.945. The largest absolute Gasteiger partial charge is 0.465 e. The van der Waals surface area contributed by atoms with Crippen LogP contribution in [-0.4, -0.2) is 47.0 Å². The van der Waals surface area contributed by atoms with Crippen LogP contribution in [0.2, 0.25) is 0 Å². The minimum absolute atomic E-state index is 0.0793. The van der Waals surface area contributed by atoms with Gasteiger partial charge in [0.25, 0.3) is 0 Å². The molecule has 1 heterocycles. The van der Waals surface area contributed by atoms with E-state index in [1.165, 1.54) is 5.56 Å². The van der Waals surface area contributed by atoms with Crippen LogP contribution in [0.4, 0.5) is 4.79 Å². The SMILES string of the molecule is O=C(O)N1[C@@H]2CC[C@@H]2[C@H](OCc2ccccc2)[C@@H]1COC1CCC(c2ccccc2)CC1. The van der Waals surface area contributed by atoms with E-state index in [9.17, 15) is 9.90 Å². The monoisotopic (exact) mass is 435 g/mol. The standard InChI is InChI=1S/C27H33NO4/c29-27(30)28-24-16-15-23(24)26(32-17-19-7-3-1-4-8-19)25(28)18-31-22-13-11-21(12-14-22)20-9-5-2-6-10-20/h1-10,21-26H,11-18H2,(H,29,30)/t21?,22?,23-,24+,25-,26-/m0/s1. The minimum atomic E-state index is -0.841. The second-order valence-corrected chi connectivity index (χ2v) is 9.54. The molecule has 2 aliphatic carbocycles. The topological polar surface area (TPSA) is 59.0 Å². The summed E-state index contributed by atoms with van der Waals surface area (Å²) in [4.78, 5) is 13.7. The molecule has 5 heteroatoms. The minimum Gasteiger partial charge on any atom is -0.465 e. The average molecular weight is 436 g/mol. The zero-order chi connectivity index (χ0) is 21.9. The van der Waals surface area contributed by atoms with E-state index >= 15 is 0 Å². The van der Waals surface area contributed by atoms with E-state index < -0.39 is 6.09 Å². The van der Waals surface area contributed by atoms with Crippen molar-refractivity contribution in [3.63, 3.8) is 0 Å². The van der Waals surface area contributed by atoms with Gasteiger partial charge in [0, 0.05) is 12.0 Å². The number of hydrogen-bond donors (Lipinski definition) is 1. The first-order valence-electron chi connectivity index (χ1n) is 12.0. The second kappa shape index (κ2) is 9.63. The molecular weight excluding hydrogens is 402 g/mol. The maximum Gasteiger partial charge on any atom is 0.407 e. The maximum absolute atomic E-state index is 12.1. The molecule has 2 aromatic rings. The van der Waals surface area contributed by atoms with Gasteiger partial charge < -0.3 is 14.6 Å². The lowest BCUT2D eigenvalue weighted by atomic mass is 9.78. The van der Waals surface area contributed by atoms with Crippen LogP contribution in [0.3, 0.4) is 0 Å². The van der Waals surface area contributed by atoms with Gasteiger partial charge in [0.2, 0.25) is 0 Å². The van der Waals surface area contributed by atoms with Gasteiger partial charge in [-0.15, -0.1) is 0 Å². The molecule has 4 atom stereocenters. The third kappa shape index (κ3) is 4.41. The molecule has 32 heavy (non-hydrogen) atoms. The van der Waals surface area contributed by atoms with Crippen molar-refractivity contribution in [1.29, 1.82) is 0 Å². The van der Waals surface area contributed by atoms with Gasteiger partial charge in [-0.3, -0.25) is 4.90 Å². The molecule has 0 spiro atoms. The molecule has 5 rings (SSSR count). The predicted molar refractivity (Wildman–Crippen MR) is 123 cm³/mol. The summed E-state index contributed by atoms with van der Waals surface area (Å²) >= 11 is 0. The summed E-state index contributed by atoms with van der Waals surface area (Å²) in [7, 11) is 0. The van der Waals surface area contributed by atoms with Crippen molar-refractivity contribution in [1.82, 2.24) is 4.90 Å². The van der Waals surface area contributed by atoms with Crippen LogP contribution in [0, 0.1) is 5.92 Å². The Hall–Kier alpha value is -2.37. The fourth-order valence-corrected chi connectivity index (χ4v) is 5.91. The number of carbonyl (C=O) groups is 1. The lowest BCUT2D eigenvalue weighted by Crippen LogP contribution is -2.47. The molecule has 3 aliphatic rings. The van der Waals surface area contributed by atoms with Crippen molar-refractivity contribution in [2.75, 3.05) is 6.61 Å². The summed E-state index contributed by atoms with van der Waals surface area (Å²) in [6, 6.07) is 20.7. The van der Waals surface area contributed by atoms with Gasteiger partial charge in [0.1, 0.15) is 0 Å². The highest BCUT2D eigenvalue weighted by molar-refractivity contribution is 5.67. The Balaban J connectivity index is 1.20. The summed E-state index contributed by atoms with van der Waals surface area (Å²) in [5.74, 6) is 0.896. The van der Waals surface area contributed by atoms with Gasteiger partial charge in [-0.1, -0.05) is 60.7 Å². The Bertz CT molecular complexity index is 881. The van der Waals surface area contributed by atoms with E-state index in [0.29, 0.717) is 19.1 Å². The van der Waals surface area contributed by atoms with Crippen molar-refractivity contribution in [3.8, 4) is 0 Å². The molecule has 5 nitrogen and oxygen atoms in total. The van der Waals surface area contributed by atoms with Gasteiger partial charge in [-0.25, -0.2) is 4.79 Å². The van der Waals surface area contributed by atoms with E-state index in [-0.39, 0.29) is 30.2 Å². The summed E-state index contributed by atoms with van der Waals surface area (Å²) in [5, 5.41) is 9.92. The summed E-state index contributed by atoms with van der Waals surface area (Å²) in [5.41, 5.74) is 2.54. The van der Waals surface area contributed by atoms with Gasteiger partial charge >= 0.3 is 6.09 Å². The number of carboxylic acid groups (broad SMARTS) is 1. The van der Waals surface area contributed by atoms with E-state index in [0.717, 1.165) is 44.1 Å². The smallest absolute Gasteiger partial charge is 0.407 e. The number of amides is 1. The summed E-state index contributed by atoms with van der Waals surface area (Å²) in [6.07, 6.45) is 5.55. The molecule has 0 aromatic heterocycles. The van der Waals surface area contributed by atoms with E-state index in [1.807, 2.05) is 18.2 Å². The van der Waals surface area contributed by atoms with Crippen LogP contribution in [0.25, 0.3) is 0 Å². The quantitative estimate of drug-likeness (QED) is 0.628. The first-order chi connectivity index (χ1) is 15.7. The Morgan fingerprint density at radius 1 is 0.875 bits per heavy atom. The summed E-state index contributed by atoms with van der Waals surface area (Å²) < 4.78 is 12.7. The Morgan fingerprint density at radius 3 is 2.19 bits per heavy atom. The average Bonchev–Trinajstić information content (AvgIpc) is 3.03. The molecule has 0 unspecified atom stereocenters. The van der Waals surface area contributed by atoms with Crippen molar-refractivity contribution < 1.29 is 19.4 Å². The highest BCUT2D eigenvalue weighted by atomic mass is 16.5. The third-order valence-corrected chi connectivity index (χ3v) is 7.76. The first kappa shape index (κ1) is 21.5. The number of nitrogens with zero attached hydrogens (tertiary/aromatic N) is 1. The normalized spacial score (nSPS) is 31.7. The van der Waals surface area contributed by atoms with Crippen molar-refractivity contribution >= 4 is 6.09 Å². The van der Waals surface area contributed by atoms with Crippen molar-refractivity contribution in [2.45, 2.75) is 75.3 Å². The van der Waals surface area contributed by atoms with E-state index in [1.54, 1.807) is 4.90 Å². The molecule has 3 fully saturated rings. The molecule has 0 radical (unpaired) electrons. The number of rotatable bonds is 7. The first-order valence-corrected chi connectivity index (χ1v) is 12.0. The van der Waals surface area contributed by atoms with Gasteiger partial charge in [-0.05, 0) is 55.6 Å².